The van der Waals surface area contributed by atoms with E-state index in [0.717, 1.165) is 5.56 Å². The number of carbonyl (C=O) groups excluding carboxylic acids is 1. The first-order valence-electron chi connectivity index (χ1n) is 6.23. The maximum Gasteiger partial charge on any atom is 0.236 e. The average molecular weight is 313 g/mol. The number of rotatable bonds is 6. The molecule has 100 valence electrons. The Bertz CT molecular complexity index is 367. The van der Waals surface area contributed by atoms with Crippen LogP contribution >= 0.6 is 15.9 Å². The third kappa shape index (κ3) is 4.42. The summed E-state index contributed by atoms with van der Waals surface area (Å²) in [6, 6.07) is 9.98. The van der Waals surface area contributed by atoms with Crippen LogP contribution < -0.4 is 5.73 Å². The monoisotopic (exact) mass is 312 g/mol. The van der Waals surface area contributed by atoms with Crippen molar-refractivity contribution < 1.29 is 4.79 Å². The molecule has 0 fully saturated rings. The predicted molar refractivity (Wildman–Crippen MR) is 78.5 cm³/mol. The Morgan fingerprint density at radius 3 is 2.44 bits per heavy atom. The molecule has 1 aromatic rings. The second-order valence-corrected chi connectivity index (χ2v) is 5.67. The van der Waals surface area contributed by atoms with E-state index in [1.165, 1.54) is 0 Å². The quantitative estimate of drug-likeness (QED) is 0.820. The standard InChI is InChI=1S/C14H21BrN2O/c1-11(2)13(15)14(18)17(9-8-16)10-12-6-4-3-5-7-12/h3-7,11,13H,8-10,16H2,1-2H3. The van der Waals surface area contributed by atoms with Crippen LogP contribution in [0.2, 0.25) is 0 Å². The molecule has 4 heteroatoms. The highest BCUT2D eigenvalue weighted by Crippen LogP contribution is 2.16. The van der Waals surface area contributed by atoms with Gasteiger partial charge in [-0.25, -0.2) is 0 Å². The first kappa shape index (κ1) is 15.2. The molecule has 0 aliphatic heterocycles. The fraction of sp³-hybridized carbons (Fsp3) is 0.500. The Labute approximate surface area is 117 Å². The summed E-state index contributed by atoms with van der Waals surface area (Å²) in [4.78, 5) is 14.0. The van der Waals surface area contributed by atoms with Gasteiger partial charge in [-0.2, -0.15) is 0 Å². The minimum absolute atomic E-state index is 0.110. The Balaban J connectivity index is 2.73. The molecule has 0 aromatic heterocycles. The number of hydrogen-bond acceptors (Lipinski definition) is 2. The maximum absolute atomic E-state index is 12.3. The third-order valence-electron chi connectivity index (χ3n) is 2.75. The Kier molecular flexibility index (Phi) is 6.36. The van der Waals surface area contributed by atoms with Gasteiger partial charge in [-0.3, -0.25) is 4.79 Å². The van der Waals surface area contributed by atoms with E-state index in [1.807, 2.05) is 49.1 Å². The Morgan fingerprint density at radius 1 is 1.33 bits per heavy atom. The smallest absolute Gasteiger partial charge is 0.236 e. The zero-order chi connectivity index (χ0) is 13.5. The molecular weight excluding hydrogens is 292 g/mol. The van der Waals surface area contributed by atoms with Crippen molar-refractivity contribution in [3.05, 3.63) is 35.9 Å². The molecule has 1 unspecified atom stereocenters. The number of nitrogens with two attached hydrogens (primary N) is 1. The summed E-state index contributed by atoms with van der Waals surface area (Å²) in [7, 11) is 0. The molecule has 0 bridgehead atoms. The van der Waals surface area contributed by atoms with Gasteiger partial charge in [-0.1, -0.05) is 60.1 Å². The lowest BCUT2D eigenvalue weighted by atomic mass is 10.1. The van der Waals surface area contributed by atoms with Gasteiger partial charge in [0.15, 0.2) is 0 Å². The molecule has 0 spiro atoms. The summed E-state index contributed by atoms with van der Waals surface area (Å²) in [5, 5.41) is 0. The molecule has 18 heavy (non-hydrogen) atoms. The number of halogens is 1. The zero-order valence-corrected chi connectivity index (χ0v) is 12.6. The van der Waals surface area contributed by atoms with Crippen LogP contribution in [0.25, 0.3) is 0 Å². The second kappa shape index (κ2) is 7.54. The molecule has 1 amide bonds. The van der Waals surface area contributed by atoms with Gasteiger partial charge in [-0.05, 0) is 11.5 Å². The third-order valence-corrected chi connectivity index (χ3v) is 4.20. The van der Waals surface area contributed by atoms with Gasteiger partial charge >= 0.3 is 0 Å². The lowest BCUT2D eigenvalue weighted by Crippen LogP contribution is -2.41. The van der Waals surface area contributed by atoms with Gasteiger partial charge in [0.2, 0.25) is 5.91 Å². The summed E-state index contributed by atoms with van der Waals surface area (Å²) in [6.07, 6.45) is 0. The van der Waals surface area contributed by atoms with Gasteiger partial charge in [0.05, 0.1) is 4.83 Å². The van der Waals surface area contributed by atoms with E-state index in [0.29, 0.717) is 19.6 Å². The molecule has 1 aromatic carbocycles. The van der Waals surface area contributed by atoms with Crippen LogP contribution in [0.5, 0.6) is 0 Å². The largest absolute Gasteiger partial charge is 0.336 e. The number of hydrogen-bond donors (Lipinski definition) is 1. The Morgan fingerprint density at radius 2 is 1.94 bits per heavy atom. The highest BCUT2D eigenvalue weighted by Gasteiger charge is 2.24. The number of carbonyl (C=O) groups is 1. The first-order valence-corrected chi connectivity index (χ1v) is 7.14. The number of nitrogens with zero attached hydrogens (tertiary/aromatic N) is 1. The van der Waals surface area contributed by atoms with Crippen LogP contribution in [0, 0.1) is 5.92 Å². The van der Waals surface area contributed by atoms with Gasteiger partial charge in [-0.15, -0.1) is 0 Å². The molecule has 0 aliphatic carbocycles. The van der Waals surface area contributed by atoms with Crippen molar-refractivity contribution in [3.8, 4) is 0 Å². The molecule has 0 saturated heterocycles. The lowest BCUT2D eigenvalue weighted by Gasteiger charge is -2.26. The van der Waals surface area contributed by atoms with Crippen LogP contribution in [0.1, 0.15) is 19.4 Å². The van der Waals surface area contributed by atoms with Crippen molar-refractivity contribution in [2.24, 2.45) is 11.7 Å². The zero-order valence-electron chi connectivity index (χ0n) is 11.0. The molecule has 0 saturated carbocycles. The van der Waals surface area contributed by atoms with Crippen molar-refractivity contribution in [2.75, 3.05) is 13.1 Å². The molecule has 1 rings (SSSR count). The van der Waals surface area contributed by atoms with Crippen molar-refractivity contribution in [1.82, 2.24) is 4.90 Å². The SMILES string of the molecule is CC(C)C(Br)C(=O)N(CCN)Cc1ccccc1. The number of benzene rings is 1. The topological polar surface area (TPSA) is 46.3 Å². The summed E-state index contributed by atoms with van der Waals surface area (Å²) in [5.74, 6) is 0.382. The normalized spacial score (nSPS) is 12.5. The molecule has 3 nitrogen and oxygen atoms in total. The van der Waals surface area contributed by atoms with Gasteiger partial charge < -0.3 is 10.6 Å². The van der Waals surface area contributed by atoms with E-state index >= 15 is 0 Å². The van der Waals surface area contributed by atoms with Crippen LogP contribution in [0.3, 0.4) is 0 Å². The van der Waals surface area contributed by atoms with Gasteiger partial charge in [0, 0.05) is 19.6 Å². The molecule has 2 N–H and O–H groups in total. The second-order valence-electron chi connectivity index (χ2n) is 4.68. The Hall–Kier alpha value is -0.870. The number of amides is 1. The fourth-order valence-corrected chi connectivity index (χ4v) is 1.98. The van der Waals surface area contributed by atoms with E-state index in [9.17, 15) is 4.79 Å². The maximum atomic E-state index is 12.3. The van der Waals surface area contributed by atoms with Crippen LogP contribution in [0.4, 0.5) is 0 Å². The van der Waals surface area contributed by atoms with Crippen LogP contribution in [-0.4, -0.2) is 28.7 Å². The van der Waals surface area contributed by atoms with E-state index in [1.54, 1.807) is 0 Å². The first-order chi connectivity index (χ1) is 8.56. The van der Waals surface area contributed by atoms with Crippen molar-refractivity contribution in [1.29, 1.82) is 0 Å². The van der Waals surface area contributed by atoms with Crippen LogP contribution in [-0.2, 0) is 11.3 Å². The van der Waals surface area contributed by atoms with E-state index in [2.05, 4.69) is 15.9 Å². The van der Waals surface area contributed by atoms with E-state index in [4.69, 9.17) is 5.73 Å². The summed E-state index contributed by atoms with van der Waals surface area (Å²) in [5.41, 5.74) is 6.72. The summed E-state index contributed by atoms with van der Waals surface area (Å²) in [6.45, 7) is 5.74. The molecular formula is C14H21BrN2O. The lowest BCUT2D eigenvalue weighted by molar-refractivity contribution is -0.131. The van der Waals surface area contributed by atoms with E-state index in [-0.39, 0.29) is 16.7 Å². The van der Waals surface area contributed by atoms with Crippen LogP contribution in [0.15, 0.2) is 30.3 Å². The molecule has 0 heterocycles. The average Bonchev–Trinajstić information content (AvgIpc) is 2.37. The molecule has 0 radical (unpaired) electrons. The minimum atomic E-state index is -0.146. The summed E-state index contributed by atoms with van der Waals surface area (Å²) < 4.78 is 0. The van der Waals surface area contributed by atoms with Gasteiger partial charge in [0.1, 0.15) is 0 Å². The summed E-state index contributed by atoms with van der Waals surface area (Å²) >= 11 is 3.46. The highest BCUT2D eigenvalue weighted by molar-refractivity contribution is 9.10. The van der Waals surface area contributed by atoms with Crippen molar-refractivity contribution in [2.45, 2.75) is 25.2 Å². The predicted octanol–water partition coefficient (Wildman–Crippen LogP) is 2.39. The fourth-order valence-electron chi connectivity index (χ4n) is 1.69. The molecule has 1 atom stereocenters. The van der Waals surface area contributed by atoms with Crippen molar-refractivity contribution >= 4 is 21.8 Å². The van der Waals surface area contributed by atoms with E-state index < -0.39 is 0 Å². The van der Waals surface area contributed by atoms with Crippen molar-refractivity contribution in [3.63, 3.8) is 0 Å². The minimum Gasteiger partial charge on any atom is -0.336 e. The molecule has 0 aliphatic rings. The number of alkyl halides is 1. The van der Waals surface area contributed by atoms with Gasteiger partial charge in [0.25, 0.3) is 0 Å². The highest BCUT2D eigenvalue weighted by atomic mass is 79.9.